The number of aromatic nitrogens is 3. The fourth-order valence-electron chi connectivity index (χ4n) is 5.02. The van der Waals surface area contributed by atoms with Crippen molar-refractivity contribution < 1.29 is 4.79 Å². The molecule has 2 aromatic heterocycles. The largest absolute Gasteiger partial charge is 0.368 e. The maximum Gasteiger partial charge on any atom is 0.350 e. The first-order valence-corrected chi connectivity index (χ1v) is 12.5. The number of nitrogens with one attached hydrogen (secondary N) is 2. The minimum atomic E-state index is -0.472. The number of hydrogen-bond acceptors (Lipinski definition) is 9. The highest BCUT2D eigenvalue weighted by Crippen LogP contribution is 2.34. The quantitative estimate of drug-likeness (QED) is 0.528. The van der Waals surface area contributed by atoms with Gasteiger partial charge in [0.05, 0.1) is 40.4 Å². The molecule has 1 saturated heterocycles. The van der Waals surface area contributed by atoms with Gasteiger partial charge in [-0.05, 0) is 49.6 Å². The summed E-state index contributed by atoms with van der Waals surface area (Å²) in [6.07, 6.45) is 3.65. The normalized spacial score (nSPS) is 16.9. The van der Waals surface area contributed by atoms with E-state index in [9.17, 15) is 9.59 Å². The van der Waals surface area contributed by atoms with E-state index in [4.69, 9.17) is 5.26 Å². The van der Waals surface area contributed by atoms with Gasteiger partial charge in [-0.2, -0.15) is 10.2 Å². The Morgan fingerprint density at radius 2 is 2.00 bits per heavy atom. The first-order chi connectivity index (χ1) is 18.0. The Bertz CT molecular complexity index is 1530. The van der Waals surface area contributed by atoms with Gasteiger partial charge in [0.2, 0.25) is 0 Å². The van der Waals surface area contributed by atoms with E-state index < -0.39 is 5.69 Å². The number of carbonyl (C=O) groups excluding carboxylic acids is 1. The van der Waals surface area contributed by atoms with Crippen LogP contribution in [0.2, 0.25) is 0 Å². The Balaban J connectivity index is 1.15. The molecule has 1 aromatic carbocycles. The smallest absolute Gasteiger partial charge is 0.350 e. The van der Waals surface area contributed by atoms with Gasteiger partial charge >= 0.3 is 5.69 Å². The molecule has 1 aliphatic carbocycles. The SMILES string of the molecule is Cc1nc(C(=O)NC2CC2)ccc1N1CCN(Cc2cc3c4c(n(CC#N)c(=O)nc4c2)N=CN3)CC1. The van der Waals surface area contributed by atoms with Gasteiger partial charge in [0.15, 0.2) is 5.82 Å². The molecule has 0 bridgehead atoms. The summed E-state index contributed by atoms with van der Waals surface area (Å²) in [6, 6.07) is 10.1. The van der Waals surface area contributed by atoms with E-state index in [1.165, 1.54) is 4.57 Å². The van der Waals surface area contributed by atoms with Crippen LogP contribution in [0.25, 0.3) is 10.9 Å². The molecule has 37 heavy (non-hydrogen) atoms. The molecule has 1 saturated carbocycles. The second-order valence-electron chi connectivity index (χ2n) is 9.71. The topological polar surface area (TPSA) is 132 Å². The number of carbonyl (C=O) groups is 1. The summed E-state index contributed by atoms with van der Waals surface area (Å²) in [5, 5.41) is 16.0. The number of pyridine rings is 1. The molecule has 11 nitrogen and oxygen atoms in total. The average Bonchev–Trinajstić information content (AvgIpc) is 3.71. The van der Waals surface area contributed by atoms with Crippen LogP contribution < -0.4 is 21.2 Å². The zero-order valence-electron chi connectivity index (χ0n) is 20.6. The molecule has 6 rings (SSSR count). The molecule has 11 heteroatoms. The third-order valence-corrected chi connectivity index (χ3v) is 7.06. The second-order valence-corrected chi connectivity index (χ2v) is 9.71. The molecule has 0 unspecified atom stereocenters. The van der Waals surface area contributed by atoms with Gasteiger partial charge in [-0.1, -0.05) is 0 Å². The molecule has 2 N–H and O–H groups in total. The maximum absolute atomic E-state index is 12.5. The van der Waals surface area contributed by atoms with Crippen molar-refractivity contribution in [3.8, 4) is 6.07 Å². The number of amides is 1. The molecule has 0 radical (unpaired) electrons. The van der Waals surface area contributed by atoms with E-state index in [1.807, 2.05) is 31.2 Å². The molecule has 0 spiro atoms. The van der Waals surface area contributed by atoms with Crippen LogP contribution in [-0.4, -0.2) is 63.9 Å². The Morgan fingerprint density at radius 1 is 1.19 bits per heavy atom. The minimum Gasteiger partial charge on any atom is -0.368 e. The lowest BCUT2D eigenvalue weighted by Crippen LogP contribution is -2.46. The fraction of sp³-hybridized carbons (Fsp3) is 0.385. The van der Waals surface area contributed by atoms with E-state index in [2.05, 4.69) is 41.5 Å². The molecular weight excluding hydrogens is 470 g/mol. The fourth-order valence-corrected chi connectivity index (χ4v) is 5.02. The van der Waals surface area contributed by atoms with Crippen molar-refractivity contribution in [2.75, 3.05) is 36.4 Å². The lowest BCUT2D eigenvalue weighted by molar-refractivity contribution is 0.0946. The van der Waals surface area contributed by atoms with Gasteiger partial charge in [-0.25, -0.2) is 14.8 Å². The van der Waals surface area contributed by atoms with Crippen molar-refractivity contribution in [2.45, 2.75) is 38.9 Å². The van der Waals surface area contributed by atoms with E-state index in [0.717, 1.165) is 73.6 Å². The monoisotopic (exact) mass is 497 g/mol. The number of hydrogen-bond donors (Lipinski definition) is 2. The summed E-state index contributed by atoms with van der Waals surface area (Å²) in [6.45, 7) is 6.03. The van der Waals surface area contributed by atoms with Crippen LogP contribution in [-0.2, 0) is 13.1 Å². The van der Waals surface area contributed by atoms with Crippen molar-refractivity contribution >= 4 is 40.3 Å². The van der Waals surface area contributed by atoms with Gasteiger partial charge in [-0.3, -0.25) is 14.3 Å². The number of anilines is 2. The maximum atomic E-state index is 12.5. The highest BCUT2D eigenvalue weighted by molar-refractivity contribution is 6.06. The second kappa shape index (κ2) is 9.29. The molecule has 2 fully saturated rings. The van der Waals surface area contributed by atoms with Gasteiger partial charge in [0.1, 0.15) is 12.2 Å². The van der Waals surface area contributed by atoms with Crippen LogP contribution in [0.3, 0.4) is 0 Å². The first kappa shape index (κ1) is 23.1. The van der Waals surface area contributed by atoms with Crippen LogP contribution in [0.1, 0.15) is 34.6 Å². The number of nitriles is 1. The van der Waals surface area contributed by atoms with Crippen molar-refractivity contribution in [1.29, 1.82) is 5.26 Å². The number of aryl methyl sites for hydroxylation is 1. The molecule has 188 valence electrons. The Morgan fingerprint density at radius 3 is 2.73 bits per heavy atom. The van der Waals surface area contributed by atoms with Crippen molar-refractivity contribution in [3.05, 3.63) is 51.7 Å². The molecule has 3 aromatic rings. The van der Waals surface area contributed by atoms with Gasteiger partial charge < -0.3 is 15.5 Å². The van der Waals surface area contributed by atoms with E-state index in [-0.39, 0.29) is 12.5 Å². The third-order valence-electron chi connectivity index (χ3n) is 7.06. The summed E-state index contributed by atoms with van der Waals surface area (Å²) in [4.78, 5) is 42.6. The first-order valence-electron chi connectivity index (χ1n) is 12.5. The van der Waals surface area contributed by atoms with Crippen LogP contribution in [0.4, 0.5) is 17.2 Å². The highest BCUT2D eigenvalue weighted by Gasteiger charge is 2.25. The number of piperazine rings is 1. The molecule has 1 amide bonds. The zero-order chi connectivity index (χ0) is 25.5. The van der Waals surface area contributed by atoms with Gasteiger partial charge in [0, 0.05) is 38.8 Å². The zero-order valence-corrected chi connectivity index (χ0v) is 20.6. The van der Waals surface area contributed by atoms with E-state index >= 15 is 0 Å². The standard InChI is InChI=1S/C26H27N9O2/c1-16-22(5-4-19(30-16)25(36)31-18-2-3-18)34-10-8-33(9-11-34)14-17-12-20-23-21(13-17)32-26(37)35(7-6-27)24(23)29-15-28-20/h4-5,12-13,15,18H,2-3,7-11,14H2,1H3,(H,28,29)(H,31,36). The van der Waals surface area contributed by atoms with E-state index in [0.29, 0.717) is 23.1 Å². The summed E-state index contributed by atoms with van der Waals surface area (Å²) < 4.78 is 1.30. The molecule has 2 aliphatic heterocycles. The molecular formula is C26H27N9O2. The van der Waals surface area contributed by atoms with Crippen molar-refractivity contribution in [3.63, 3.8) is 0 Å². The summed E-state index contributed by atoms with van der Waals surface area (Å²) in [5.74, 6) is 0.369. The number of nitrogens with zero attached hydrogens (tertiary/aromatic N) is 7. The Labute approximate surface area is 213 Å². The summed E-state index contributed by atoms with van der Waals surface area (Å²) in [7, 11) is 0. The van der Waals surface area contributed by atoms with Crippen molar-refractivity contribution in [1.82, 2.24) is 24.8 Å². The van der Waals surface area contributed by atoms with Crippen LogP contribution in [0.15, 0.2) is 34.1 Å². The van der Waals surface area contributed by atoms with Crippen LogP contribution in [0, 0.1) is 18.3 Å². The summed E-state index contributed by atoms with van der Waals surface area (Å²) >= 11 is 0. The van der Waals surface area contributed by atoms with Crippen LogP contribution >= 0.6 is 0 Å². The number of rotatable bonds is 6. The summed E-state index contributed by atoms with van der Waals surface area (Å²) in [5.41, 5.74) is 4.40. The lowest BCUT2D eigenvalue weighted by Gasteiger charge is -2.36. The Hall–Kier alpha value is -4.30. The lowest BCUT2D eigenvalue weighted by atomic mass is 10.1. The third kappa shape index (κ3) is 4.51. The van der Waals surface area contributed by atoms with Gasteiger partial charge in [0.25, 0.3) is 5.91 Å². The van der Waals surface area contributed by atoms with Crippen molar-refractivity contribution in [2.24, 2.45) is 4.99 Å². The molecule has 0 atom stereocenters. The van der Waals surface area contributed by atoms with Gasteiger partial charge in [-0.15, -0.1) is 0 Å². The highest BCUT2D eigenvalue weighted by atomic mass is 16.2. The predicted octanol–water partition coefficient (Wildman–Crippen LogP) is 1.92. The predicted molar refractivity (Wildman–Crippen MR) is 140 cm³/mol. The molecule has 4 heterocycles. The molecule has 3 aliphatic rings. The Kier molecular flexibility index (Phi) is 5.81. The average molecular weight is 498 g/mol. The van der Waals surface area contributed by atoms with E-state index in [1.54, 1.807) is 6.34 Å². The number of benzene rings is 1. The minimum absolute atomic E-state index is 0.0920. The number of aliphatic imine (C=N–C) groups is 1. The van der Waals surface area contributed by atoms with Crippen LogP contribution in [0.5, 0.6) is 0 Å².